The normalized spacial score (nSPS) is 15.6. The third-order valence-corrected chi connectivity index (χ3v) is 3.17. The number of amides is 1. The smallest absolute Gasteiger partial charge is 0.326 e. The van der Waals surface area contributed by atoms with Crippen LogP contribution in [0.15, 0.2) is 30.3 Å². The van der Waals surface area contributed by atoms with Crippen LogP contribution in [0.1, 0.15) is 18.4 Å². The molecule has 2 rings (SSSR count). The first-order valence-corrected chi connectivity index (χ1v) is 6.43. The van der Waals surface area contributed by atoms with E-state index in [2.05, 4.69) is 5.32 Å². The minimum atomic E-state index is -1.05. The molecule has 1 saturated carbocycles. The van der Waals surface area contributed by atoms with Crippen molar-refractivity contribution >= 4 is 23.6 Å². The second-order valence-electron chi connectivity index (χ2n) is 4.85. The Balaban J connectivity index is 1.99. The summed E-state index contributed by atoms with van der Waals surface area (Å²) < 4.78 is 0. The number of hydrogen-bond acceptors (Lipinski definition) is 4. The third kappa shape index (κ3) is 4.13. The maximum absolute atomic E-state index is 11.7. The van der Waals surface area contributed by atoms with E-state index in [1.165, 1.54) is 30.4 Å². The lowest BCUT2D eigenvalue weighted by molar-refractivity contribution is -0.384. The molecule has 0 saturated heterocycles. The molecule has 7 nitrogen and oxygen atoms in total. The lowest BCUT2D eigenvalue weighted by atomic mass is 10.1. The second kappa shape index (κ2) is 6.17. The van der Waals surface area contributed by atoms with Crippen LogP contribution in [0.4, 0.5) is 5.69 Å². The van der Waals surface area contributed by atoms with Gasteiger partial charge in [-0.3, -0.25) is 14.9 Å². The summed E-state index contributed by atoms with van der Waals surface area (Å²) >= 11 is 0. The SMILES string of the molecule is O=C(C=Cc1cccc([N+](=O)[O-])c1)NC(C(=O)O)C1CC1. The molecule has 0 aromatic heterocycles. The minimum Gasteiger partial charge on any atom is -0.480 e. The van der Waals surface area contributed by atoms with E-state index in [4.69, 9.17) is 5.11 Å². The fourth-order valence-electron chi connectivity index (χ4n) is 1.93. The van der Waals surface area contributed by atoms with E-state index in [9.17, 15) is 19.7 Å². The van der Waals surface area contributed by atoms with Crippen LogP contribution < -0.4 is 5.32 Å². The number of carboxylic acid groups (broad SMARTS) is 1. The molecule has 0 bridgehead atoms. The van der Waals surface area contributed by atoms with Crippen molar-refractivity contribution in [2.75, 3.05) is 0 Å². The highest BCUT2D eigenvalue weighted by Gasteiger charge is 2.36. The molecule has 1 aliphatic rings. The molecule has 1 unspecified atom stereocenters. The average Bonchev–Trinajstić information content (AvgIpc) is 3.27. The highest BCUT2D eigenvalue weighted by Crippen LogP contribution is 2.32. The zero-order chi connectivity index (χ0) is 15.4. The van der Waals surface area contributed by atoms with Crippen LogP contribution in [0.25, 0.3) is 6.08 Å². The number of carbonyl (C=O) groups is 2. The minimum absolute atomic E-state index is 0.00216. The molecular formula is C14H14N2O5. The van der Waals surface area contributed by atoms with Gasteiger partial charge in [0.1, 0.15) is 6.04 Å². The zero-order valence-electron chi connectivity index (χ0n) is 11.1. The van der Waals surface area contributed by atoms with Crippen LogP contribution in [0.3, 0.4) is 0 Å². The van der Waals surface area contributed by atoms with E-state index in [0.717, 1.165) is 12.8 Å². The number of benzene rings is 1. The largest absolute Gasteiger partial charge is 0.480 e. The van der Waals surface area contributed by atoms with Crippen LogP contribution >= 0.6 is 0 Å². The van der Waals surface area contributed by atoms with E-state index >= 15 is 0 Å². The van der Waals surface area contributed by atoms with Gasteiger partial charge in [-0.25, -0.2) is 4.79 Å². The van der Waals surface area contributed by atoms with Crippen molar-refractivity contribution in [1.82, 2.24) is 5.32 Å². The zero-order valence-corrected chi connectivity index (χ0v) is 11.1. The summed E-state index contributed by atoms with van der Waals surface area (Å²) in [5, 5.41) is 22.1. The number of nitrogens with zero attached hydrogens (tertiary/aromatic N) is 1. The van der Waals surface area contributed by atoms with E-state index in [1.54, 1.807) is 6.07 Å². The van der Waals surface area contributed by atoms with E-state index < -0.39 is 22.8 Å². The molecule has 1 amide bonds. The van der Waals surface area contributed by atoms with E-state index in [-0.39, 0.29) is 11.6 Å². The van der Waals surface area contributed by atoms with Gasteiger partial charge in [0.05, 0.1) is 4.92 Å². The van der Waals surface area contributed by atoms with Gasteiger partial charge < -0.3 is 10.4 Å². The monoisotopic (exact) mass is 290 g/mol. The Morgan fingerprint density at radius 1 is 1.43 bits per heavy atom. The number of nitro benzene ring substituents is 1. The Morgan fingerprint density at radius 2 is 2.14 bits per heavy atom. The van der Waals surface area contributed by atoms with E-state index in [0.29, 0.717) is 5.56 Å². The summed E-state index contributed by atoms with van der Waals surface area (Å²) in [6, 6.07) is 4.95. The van der Waals surface area contributed by atoms with Gasteiger partial charge in [-0.2, -0.15) is 0 Å². The molecule has 0 aliphatic heterocycles. The Kier molecular flexibility index (Phi) is 4.32. The number of nitrogens with one attached hydrogen (secondary N) is 1. The van der Waals surface area contributed by atoms with Gasteiger partial charge in [-0.1, -0.05) is 12.1 Å². The molecule has 0 radical (unpaired) electrons. The highest BCUT2D eigenvalue weighted by molar-refractivity contribution is 5.94. The number of carbonyl (C=O) groups excluding carboxylic acids is 1. The van der Waals surface area contributed by atoms with Crippen molar-refractivity contribution in [3.63, 3.8) is 0 Å². The summed E-state index contributed by atoms with van der Waals surface area (Å²) in [5.41, 5.74) is 0.427. The van der Waals surface area contributed by atoms with Crippen LogP contribution in [-0.4, -0.2) is 27.9 Å². The Labute approximate surface area is 120 Å². The third-order valence-electron chi connectivity index (χ3n) is 3.17. The first kappa shape index (κ1) is 14.7. The van der Waals surface area contributed by atoms with Crippen LogP contribution in [0.2, 0.25) is 0 Å². The molecule has 0 spiro atoms. The molecule has 1 aliphatic carbocycles. The van der Waals surface area contributed by atoms with Crippen molar-refractivity contribution in [1.29, 1.82) is 0 Å². The predicted molar refractivity (Wildman–Crippen MR) is 74.4 cm³/mol. The van der Waals surface area contributed by atoms with Gasteiger partial charge in [-0.15, -0.1) is 0 Å². The summed E-state index contributed by atoms with van der Waals surface area (Å²) in [5.74, 6) is -1.58. The Bertz CT molecular complexity index is 607. The average molecular weight is 290 g/mol. The number of rotatable bonds is 6. The molecule has 2 N–H and O–H groups in total. The Hall–Kier alpha value is -2.70. The number of carboxylic acids is 1. The van der Waals surface area contributed by atoms with Gasteiger partial charge in [0.25, 0.3) is 5.69 Å². The Morgan fingerprint density at radius 3 is 2.71 bits per heavy atom. The number of nitro groups is 1. The van der Waals surface area contributed by atoms with Crippen molar-refractivity contribution in [2.24, 2.45) is 5.92 Å². The first-order valence-electron chi connectivity index (χ1n) is 6.43. The van der Waals surface area contributed by atoms with Gasteiger partial charge in [0, 0.05) is 18.2 Å². The standard InChI is InChI=1S/C14H14N2O5/c17-12(15-13(14(18)19)10-5-6-10)7-4-9-2-1-3-11(8-9)16(20)21/h1-4,7-8,10,13H,5-6H2,(H,15,17)(H,18,19). The van der Waals surface area contributed by atoms with Gasteiger partial charge in [0.2, 0.25) is 5.91 Å². The molecular weight excluding hydrogens is 276 g/mol. The van der Waals surface area contributed by atoms with Gasteiger partial charge >= 0.3 is 5.97 Å². The summed E-state index contributed by atoms with van der Waals surface area (Å²) in [6.07, 6.45) is 4.18. The van der Waals surface area contributed by atoms with Crippen LogP contribution in [-0.2, 0) is 9.59 Å². The maximum Gasteiger partial charge on any atom is 0.326 e. The topological polar surface area (TPSA) is 110 Å². The molecule has 0 heterocycles. The predicted octanol–water partition coefficient (Wildman–Crippen LogP) is 1.59. The number of hydrogen-bond donors (Lipinski definition) is 2. The summed E-state index contributed by atoms with van der Waals surface area (Å²) in [6.45, 7) is 0. The quantitative estimate of drug-likeness (QED) is 0.469. The first-order chi connectivity index (χ1) is 9.97. The molecule has 21 heavy (non-hydrogen) atoms. The maximum atomic E-state index is 11.7. The summed E-state index contributed by atoms with van der Waals surface area (Å²) in [4.78, 5) is 32.8. The molecule has 1 aromatic carbocycles. The second-order valence-corrected chi connectivity index (χ2v) is 4.85. The number of aliphatic carboxylic acids is 1. The van der Waals surface area contributed by atoms with E-state index in [1.807, 2.05) is 0 Å². The van der Waals surface area contributed by atoms with Crippen molar-refractivity contribution < 1.29 is 19.6 Å². The van der Waals surface area contributed by atoms with Crippen LogP contribution in [0.5, 0.6) is 0 Å². The molecule has 1 aromatic rings. The van der Waals surface area contributed by atoms with Crippen molar-refractivity contribution in [3.8, 4) is 0 Å². The summed E-state index contributed by atoms with van der Waals surface area (Å²) in [7, 11) is 0. The molecule has 110 valence electrons. The van der Waals surface area contributed by atoms with Crippen LogP contribution in [0, 0.1) is 16.0 Å². The molecule has 7 heteroatoms. The van der Waals surface area contributed by atoms with Gasteiger partial charge in [-0.05, 0) is 30.4 Å². The lowest BCUT2D eigenvalue weighted by Gasteiger charge is -2.11. The lowest BCUT2D eigenvalue weighted by Crippen LogP contribution is -2.41. The van der Waals surface area contributed by atoms with Gasteiger partial charge in [0.15, 0.2) is 0 Å². The van der Waals surface area contributed by atoms with Crippen molar-refractivity contribution in [3.05, 3.63) is 46.0 Å². The fourth-order valence-corrected chi connectivity index (χ4v) is 1.93. The fraction of sp³-hybridized carbons (Fsp3) is 0.286. The molecule has 1 atom stereocenters. The van der Waals surface area contributed by atoms with Crippen molar-refractivity contribution in [2.45, 2.75) is 18.9 Å². The number of non-ortho nitro benzene ring substituents is 1. The molecule has 1 fully saturated rings. The highest BCUT2D eigenvalue weighted by atomic mass is 16.6.